The lowest BCUT2D eigenvalue weighted by atomic mass is 9.93. The first-order chi connectivity index (χ1) is 17.3. The molecular weight excluding hydrogens is 452 g/mol. The van der Waals surface area contributed by atoms with Gasteiger partial charge in [0.1, 0.15) is 5.52 Å². The fraction of sp³-hybridized carbons (Fsp3) is 0.207. The lowest BCUT2D eigenvalue weighted by molar-refractivity contribution is 0.134. The van der Waals surface area contributed by atoms with Crippen LogP contribution in [0.15, 0.2) is 64.4 Å². The number of hydrogen-bond acceptors (Lipinski definition) is 4. The van der Waals surface area contributed by atoms with Crippen LogP contribution in [-0.2, 0) is 32.0 Å². The van der Waals surface area contributed by atoms with E-state index in [-0.39, 0.29) is 11.1 Å². The van der Waals surface area contributed by atoms with Crippen LogP contribution in [0.4, 0.5) is 0 Å². The molecule has 7 heteroatoms. The molecule has 0 bridgehead atoms. The van der Waals surface area contributed by atoms with E-state index in [1.807, 2.05) is 44.4 Å². The van der Waals surface area contributed by atoms with Crippen LogP contribution in [0.25, 0.3) is 44.4 Å². The Balaban J connectivity index is 1.63. The first-order valence-electron chi connectivity index (χ1n) is 11.9. The van der Waals surface area contributed by atoms with Gasteiger partial charge >= 0.3 is 0 Å². The molecule has 6 rings (SSSR count). The number of H-pyrrole nitrogens is 1. The van der Waals surface area contributed by atoms with Crippen LogP contribution in [0.2, 0.25) is 0 Å². The molecule has 0 saturated carbocycles. The minimum absolute atomic E-state index is 0.114. The molecule has 1 N–H and O–H groups in total. The second-order valence-electron chi connectivity index (χ2n) is 9.60. The summed E-state index contributed by atoms with van der Waals surface area (Å²) >= 11 is 0. The van der Waals surface area contributed by atoms with Crippen LogP contribution in [0.5, 0.6) is 0 Å². The van der Waals surface area contributed by atoms with E-state index in [4.69, 9.17) is 4.74 Å². The molecule has 36 heavy (non-hydrogen) atoms. The molecule has 0 saturated heterocycles. The van der Waals surface area contributed by atoms with E-state index < -0.39 is 0 Å². The molecule has 0 radical (unpaired) electrons. The van der Waals surface area contributed by atoms with E-state index in [9.17, 15) is 9.59 Å². The third-order valence-corrected chi connectivity index (χ3v) is 6.91. The van der Waals surface area contributed by atoms with Crippen molar-refractivity contribution in [1.82, 2.24) is 19.1 Å². The Kier molecular flexibility index (Phi) is 5.05. The normalized spacial score (nSPS) is 12.9. The summed E-state index contributed by atoms with van der Waals surface area (Å²) in [6, 6.07) is 13.9. The highest BCUT2D eigenvalue weighted by atomic mass is 16.5. The summed E-state index contributed by atoms with van der Waals surface area (Å²) < 4.78 is 8.77. The molecule has 1 aromatic carbocycles. The van der Waals surface area contributed by atoms with Gasteiger partial charge < -0.3 is 18.9 Å². The maximum atomic E-state index is 13.1. The van der Waals surface area contributed by atoms with E-state index in [1.54, 1.807) is 29.3 Å². The van der Waals surface area contributed by atoms with Crippen molar-refractivity contribution >= 4 is 10.9 Å². The molecule has 1 aliphatic rings. The topological polar surface area (TPSA) is 81.9 Å². The summed E-state index contributed by atoms with van der Waals surface area (Å²) in [6.45, 7) is 5.12. The van der Waals surface area contributed by atoms with E-state index in [0.717, 1.165) is 55.8 Å². The predicted octanol–water partition coefficient (Wildman–Crippen LogP) is 4.61. The summed E-state index contributed by atoms with van der Waals surface area (Å²) in [6.07, 6.45) is 3.69. The van der Waals surface area contributed by atoms with Crippen molar-refractivity contribution in [3.63, 3.8) is 0 Å². The maximum Gasteiger partial charge on any atom is 0.274 e. The molecule has 0 unspecified atom stereocenters. The standard InChI is InChI=1S/C29H26N4O3/c1-16-7-20(8-17(2)30-16)26-10-23-25(13-33(4)29(35)28(23)31-26)22-11-27(34)32(3)12-24(22)18-5-6-19-14-36-15-21(19)9-18/h5-13,31H,14-15H2,1-4H3. The van der Waals surface area contributed by atoms with Crippen molar-refractivity contribution in [1.29, 1.82) is 0 Å². The lowest BCUT2D eigenvalue weighted by Crippen LogP contribution is -2.18. The van der Waals surface area contributed by atoms with E-state index >= 15 is 0 Å². The zero-order valence-corrected chi connectivity index (χ0v) is 20.7. The van der Waals surface area contributed by atoms with Crippen LogP contribution >= 0.6 is 0 Å². The van der Waals surface area contributed by atoms with Gasteiger partial charge in [0, 0.05) is 71.7 Å². The molecule has 0 atom stereocenters. The minimum atomic E-state index is -0.123. The molecule has 0 fully saturated rings. The van der Waals surface area contributed by atoms with Crippen LogP contribution < -0.4 is 11.1 Å². The molecule has 0 aliphatic carbocycles. The Morgan fingerprint density at radius 1 is 0.806 bits per heavy atom. The number of pyridine rings is 3. The van der Waals surface area contributed by atoms with Gasteiger partial charge in [-0.15, -0.1) is 0 Å². The third-order valence-electron chi connectivity index (χ3n) is 6.91. The van der Waals surface area contributed by atoms with E-state index in [1.165, 1.54) is 5.56 Å². The van der Waals surface area contributed by atoms with Crippen molar-refractivity contribution in [2.75, 3.05) is 0 Å². The zero-order chi connectivity index (χ0) is 25.1. The largest absolute Gasteiger partial charge is 0.372 e. The summed E-state index contributed by atoms with van der Waals surface area (Å²) in [5, 5.41) is 0.777. The highest BCUT2D eigenvalue weighted by Gasteiger charge is 2.19. The number of nitrogens with zero attached hydrogens (tertiary/aromatic N) is 3. The quantitative estimate of drug-likeness (QED) is 0.411. The van der Waals surface area contributed by atoms with Crippen LogP contribution in [-0.4, -0.2) is 19.1 Å². The highest BCUT2D eigenvalue weighted by Crippen LogP contribution is 2.37. The van der Waals surface area contributed by atoms with E-state index in [2.05, 4.69) is 28.2 Å². The highest BCUT2D eigenvalue weighted by molar-refractivity contribution is 6.00. The third kappa shape index (κ3) is 3.60. The Bertz CT molecular complexity index is 1790. The van der Waals surface area contributed by atoms with Crippen molar-refractivity contribution in [2.24, 2.45) is 14.1 Å². The van der Waals surface area contributed by atoms with Gasteiger partial charge in [0.05, 0.1) is 13.2 Å². The molecule has 4 aromatic heterocycles. The summed E-state index contributed by atoms with van der Waals surface area (Å²) in [7, 11) is 3.49. The predicted molar refractivity (Wildman–Crippen MR) is 141 cm³/mol. The lowest BCUT2D eigenvalue weighted by Gasteiger charge is -2.14. The number of benzene rings is 1. The molecule has 0 spiro atoms. The van der Waals surface area contributed by atoms with Gasteiger partial charge in [-0.1, -0.05) is 12.1 Å². The number of aromatic amines is 1. The number of fused-ring (bicyclic) bond motifs is 2. The van der Waals surface area contributed by atoms with Crippen molar-refractivity contribution in [2.45, 2.75) is 27.1 Å². The molecular formula is C29H26N4O3. The number of ether oxygens (including phenoxy) is 1. The van der Waals surface area contributed by atoms with Gasteiger partial charge in [-0.25, -0.2) is 0 Å². The van der Waals surface area contributed by atoms with Gasteiger partial charge in [0.25, 0.3) is 11.1 Å². The Hall–Kier alpha value is -4.23. The number of rotatable bonds is 3. The SMILES string of the molecule is Cc1cc(-c2cc3c(-c4cc(=O)n(C)cc4-c4ccc5c(c4)COC5)cn(C)c(=O)c3[nH]2)cc(C)n1. The van der Waals surface area contributed by atoms with E-state index in [0.29, 0.717) is 18.7 Å². The molecule has 5 heterocycles. The molecule has 180 valence electrons. The van der Waals surface area contributed by atoms with Crippen LogP contribution in [0.1, 0.15) is 22.5 Å². The summed E-state index contributed by atoms with van der Waals surface area (Å²) in [4.78, 5) is 33.8. The van der Waals surface area contributed by atoms with Gasteiger partial charge in [-0.3, -0.25) is 14.6 Å². The first-order valence-corrected chi connectivity index (χ1v) is 11.9. The van der Waals surface area contributed by atoms with Gasteiger partial charge in [-0.05, 0) is 60.4 Å². The smallest absolute Gasteiger partial charge is 0.274 e. The molecule has 0 amide bonds. The Morgan fingerprint density at radius 3 is 2.31 bits per heavy atom. The van der Waals surface area contributed by atoms with Gasteiger partial charge in [0.2, 0.25) is 0 Å². The monoisotopic (exact) mass is 478 g/mol. The maximum absolute atomic E-state index is 13.1. The second kappa shape index (κ2) is 8.17. The molecule has 1 aliphatic heterocycles. The van der Waals surface area contributed by atoms with Crippen LogP contribution in [0.3, 0.4) is 0 Å². The number of aromatic nitrogens is 4. The first kappa shape index (κ1) is 22.2. The average Bonchev–Trinajstić information content (AvgIpc) is 3.49. The second-order valence-corrected chi connectivity index (χ2v) is 9.60. The molecule has 7 nitrogen and oxygen atoms in total. The van der Waals surface area contributed by atoms with Gasteiger partial charge in [0.15, 0.2) is 0 Å². The van der Waals surface area contributed by atoms with Crippen molar-refractivity contribution in [3.8, 4) is 33.5 Å². The summed E-state index contributed by atoms with van der Waals surface area (Å²) in [5.41, 5.74) is 9.76. The Morgan fingerprint density at radius 2 is 1.53 bits per heavy atom. The number of nitrogens with one attached hydrogen (secondary N) is 1. The minimum Gasteiger partial charge on any atom is -0.372 e. The fourth-order valence-corrected chi connectivity index (χ4v) is 5.12. The van der Waals surface area contributed by atoms with Crippen LogP contribution in [0, 0.1) is 13.8 Å². The zero-order valence-electron chi connectivity index (χ0n) is 20.7. The van der Waals surface area contributed by atoms with Crippen molar-refractivity contribution < 1.29 is 4.74 Å². The molecule has 5 aromatic rings. The Labute approximate surface area is 207 Å². The summed E-state index contributed by atoms with van der Waals surface area (Å²) in [5.74, 6) is 0. The number of hydrogen-bond donors (Lipinski definition) is 1. The fourth-order valence-electron chi connectivity index (χ4n) is 5.12. The number of aryl methyl sites for hydroxylation is 4. The van der Waals surface area contributed by atoms with Crippen molar-refractivity contribution in [3.05, 3.63) is 98.1 Å². The van der Waals surface area contributed by atoms with Gasteiger partial charge in [-0.2, -0.15) is 0 Å². The average molecular weight is 479 g/mol.